The minimum atomic E-state index is -0.517. The van der Waals surface area contributed by atoms with Gasteiger partial charge in [-0.05, 0) is 49.8 Å². The van der Waals surface area contributed by atoms with Crippen molar-refractivity contribution < 1.29 is 14.0 Å². The summed E-state index contributed by atoms with van der Waals surface area (Å²) in [6, 6.07) is 12.4. The van der Waals surface area contributed by atoms with Crippen LogP contribution in [-0.2, 0) is 16.0 Å². The second-order valence-electron chi connectivity index (χ2n) is 10.9. The molecule has 40 heavy (non-hydrogen) atoms. The molecule has 0 bridgehead atoms. The second kappa shape index (κ2) is 12.8. The van der Waals surface area contributed by atoms with E-state index in [4.69, 9.17) is 5.73 Å². The molecule has 0 fully saturated rings. The first-order chi connectivity index (χ1) is 19.1. The lowest BCUT2D eigenvalue weighted by atomic mass is 9.47. The van der Waals surface area contributed by atoms with E-state index in [2.05, 4.69) is 43.4 Å². The number of nitrogens with zero attached hydrogens (tertiary/aromatic N) is 1. The van der Waals surface area contributed by atoms with Crippen LogP contribution in [0.5, 0.6) is 0 Å². The Kier molecular flexibility index (Phi) is 9.42. The number of benzene rings is 2. The van der Waals surface area contributed by atoms with Gasteiger partial charge in [0.1, 0.15) is 5.82 Å². The van der Waals surface area contributed by atoms with Crippen LogP contribution in [0.1, 0.15) is 56.2 Å². The first-order valence-electron chi connectivity index (χ1n) is 13.8. The Bertz CT molecular complexity index is 1380. The maximum absolute atomic E-state index is 13.3. The van der Waals surface area contributed by atoms with E-state index >= 15 is 0 Å². The molecule has 0 radical (unpaired) electrons. The van der Waals surface area contributed by atoms with Crippen molar-refractivity contribution in [3.8, 4) is 5.97 Å². The molecule has 0 saturated carbocycles. The highest BCUT2D eigenvalue weighted by Crippen LogP contribution is 2.43. The SMILES string of the molecule is CCC1SCNC(=O)C2=C1NC(CC(C)C)=C(C(N)=O)C2c1ccc2c(c1)CCB2C#N.Cc1ccc(F)cc1. The molecule has 6 nitrogen and oxygen atoms in total. The predicted molar refractivity (Wildman–Crippen MR) is 160 cm³/mol. The molecular formula is C31H36BFN4O2S. The molecule has 2 atom stereocenters. The van der Waals surface area contributed by atoms with Gasteiger partial charge in [-0.15, -0.1) is 11.8 Å². The van der Waals surface area contributed by atoms with Crippen LogP contribution in [-0.4, -0.2) is 29.7 Å². The van der Waals surface area contributed by atoms with E-state index in [1.54, 1.807) is 23.9 Å². The van der Waals surface area contributed by atoms with Crippen LogP contribution in [0.3, 0.4) is 0 Å². The summed E-state index contributed by atoms with van der Waals surface area (Å²) >= 11 is 1.70. The number of primary amides is 1. The topological polar surface area (TPSA) is 108 Å². The minimum absolute atomic E-state index is 0.0912. The molecule has 0 spiro atoms. The lowest BCUT2D eigenvalue weighted by Gasteiger charge is -2.34. The van der Waals surface area contributed by atoms with Crippen LogP contribution in [0.2, 0.25) is 6.32 Å². The molecule has 3 heterocycles. The number of nitrogens with two attached hydrogens (primary N) is 1. The molecule has 3 aliphatic rings. The van der Waals surface area contributed by atoms with Gasteiger partial charge in [-0.1, -0.05) is 74.0 Å². The third-order valence-electron chi connectivity index (χ3n) is 7.56. The Labute approximate surface area is 240 Å². The molecule has 4 N–H and O–H groups in total. The molecular weight excluding hydrogens is 522 g/mol. The molecule has 3 aliphatic heterocycles. The predicted octanol–water partition coefficient (Wildman–Crippen LogP) is 4.47. The molecule has 5 rings (SSSR count). The van der Waals surface area contributed by atoms with E-state index in [0.29, 0.717) is 29.4 Å². The summed E-state index contributed by atoms with van der Waals surface area (Å²) in [4.78, 5) is 26.1. The monoisotopic (exact) mass is 558 g/mol. The normalized spacial score (nSPS) is 20.0. The molecule has 208 valence electrons. The number of nitrogens with one attached hydrogen (secondary N) is 2. The van der Waals surface area contributed by atoms with Crippen molar-refractivity contribution in [2.45, 2.75) is 64.4 Å². The van der Waals surface area contributed by atoms with Gasteiger partial charge in [-0.2, -0.15) is 0 Å². The number of hydrogen-bond acceptors (Lipinski definition) is 5. The van der Waals surface area contributed by atoms with E-state index in [-0.39, 0.29) is 23.7 Å². The highest BCUT2D eigenvalue weighted by Gasteiger charge is 2.41. The van der Waals surface area contributed by atoms with Gasteiger partial charge in [-0.3, -0.25) is 9.59 Å². The number of carbonyl (C=O) groups is 2. The molecule has 2 unspecified atom stereocenters. The number of halogens is 1. The Morgan fingerprint density at radius 3 is 2.58 bits per heavy atom. The quantitative estimate of drug-likeness (QED) is 0.470. The Balaban J connectivity index is 0.000000398. The molecule has 2 aromatic rings. The fourth-order valence-electron chi connectivity index (χ4n) is 5.66. The summed E-state index contributed by atoms with van der Waals surface area (Å²) in [6.45, 7) is 8.16. The van der Waals surface area contributed by atoms with Crippen molar-refractivity contribution in [1.29, 1.82) is 5.26 Å². The number of rotatable bonds is 5. The van der Waals surface area contributed by atoms with Gasteiger partial charge >= 0.3 is 6.71 Å². The van der Waals surface area contributed by atoms with Crippen molar-refractivity contribution >= 4 is 35.8 Å². The minimum Gasteiger partial charge on any atom is -0.366 e. The fourth-order valence-corrected chi connectivity index (χ4v) is 6.67. The van der Waals surface area contributed by atoms with E-state index in [1.807, 2.05) is 19.1 Å². The van der Waals surface area contributed by atoms with Crippen LogP contribution < -0.4 is 21.8 Å². The van der Waals surface area contributed by atoms with Gasteiger partial charge in [0.15, 0.2) is 0 Å². The number of hydrogen-bond donors (Lipinski definition) is 3. The van der Waals surface area contributed by atoms with E-state index in [1.165, 1.54) is 12.1 Å². The smallest absolute Gasteiger partial charge is 0.300 e. The summed E-state index contributed by atoms with van der Waals surface area (Å²) in [7, 11) is 0. The van der Waals surface area contributed by atoms with Gasteiger partial charge in [0.05, 0.1) is 5.88 Å². The average Bonchev–Trinajstić information content (AvgIpc) is 3.26. The number of aryl methyl sites for hydroxylation is 2. The van der Waals surface area contributed by atoms with Gasteiger partial charge in [0, 0.05) is 39.7 Å². The molecule has 0 aromatic heterocycles. The average molecular weight is 559 g/mol. The molecule has 2 aromatic carbocycles. The van der Waals surface area contributed by atoms with Crippen LogP contribution in [0, 0.1) is 29.9 Å². The van der Waals surface area contributed by atoms with Crippen molar-refractivity contribution in [1.82, 2.24) is 10.6 Å². The lowest BCUT2D eigenvalue weighted by Crippen LogP contribution is -2.39. The largest absolute Gasteiger partial charge is 0.366 e. The Morgan fingerprint density at radius 2 is 1.98 bits per heavy atom. The molecule has 0 saturated heterocycles. The maximum Gasteiger partial charge on any atom is 0.300 e. The van der Waals surface area contributed by atoms with E-state index in [9.17, 15) is 19.2 Å². The zero-order chi connectivity index (χ0) is 29.0. The van der Waals surface area contributed by atoms with Crippen molar-refractivity contribution in [3.63, 3.8) is 0 Å². The number of carbonyl (C=O) groups excluding carboxylic acids is 2. The maximum atomic E-state index is 13.3. The second-order valence-corrected chi connectivity index (χ2v) is 12.1. The number of amides is 2. The van der Waals surface area contributed by atoms with Gasteiger partial charge < -0.3 is 16.4 Å². The summed E-state index contributed by atoms with van der Waals surface area (Å²) in [5, 5.41) is 16.1. The standard InChI is InChI=1S/C24H29BN4O2S.C7H7F/c1-4-18-22-21(24(31)28-12-32-18)19(20(23(27)30)17(29-22)9-13(2)3)15-5-6-16-14(10-15)7-8-25(16)11-26;1-6-2-4-7(8)5-3-6/h5-6,10,13,18-19,29H,4,7-9,12H2,1-3H3,(H2,27,30)(H,28,31);2-5H,1H3. The fraction of sp³-hybridized carbons (Fsp3) is 0.387. The zero-order valence-electron chi connectivity index (χ0n) is 23.5. The molecule has 2 amide bonds. The van der Waals surface area contributed by atoms with Crippen molar-refractivity contribution in [3.05, 3.63) is 87.5 Å². The summed E-state index contributed by atoms with van der Waals surface area (Å²) < 4.78 is 12.1. The highest BCUT2D eigenvalue weighted by molar-refractivity contribution is 8.00. The van der Waals surface area contributed by atoms with Crippen LogP contribution in [0.4, 0.5) is 4.39 Å². The summed E-state index contributed by atoms with van der Waals surface area (Å²) in [5.74, 6) is 1.88. The number of thioether (sulfide) groups is 1. The lowest BCUT2D eigenvalue weighted by molar-refractivity contribution is -0.117. The number of allylic oxidation sites excluding steroid dienone is 1. The zero-order valence-corrected chi connectivity index (χ0v) is 24.3. The first-order valence-corrected chi connectivity index (χ1v) is 14.9. The summed E-state index contributed by atoms with van der Waals surface area (Å²) in [6.07, 6.45) is 3.18. The number of nitriles is 1. The highest BCUT2D eigenvalue weighted by atomic mass is 32.2. The molecule has 9 heteroatoms. The summed E-state index contributed by atoms with van der Waals surface area (Å²) in [5.41, 5.74) is 12.9. The van der Waals surface area contributed by atoms with Gasteiger partial charge in [0.2, 0.25) is 5.91 Å². The van der Waals surface area contributed by atoms with Crippen LogP contribution in [0.25, 0.3) is 0 Å². The third-order valence-corrected chi connectivity index (χ3v) is 8.84. The van der Waals surface area contributed by atoms with Crippen LogP contribution in [0.15, 0.2) is 65.0 Å². The number of dihydropyridines is 1. The van der Waals surface area contributed by atoms with Crippen molar-refractivity contribution in [2.75, 3.05) is 5.88 Å². The molecule has 0 aliphatic carbocycles. The third kappa shape index (κ3) is 6.28. The Morgan fingerprint density at radius 1 is 1.25 bits per heavy atom. The van der Waals surface area contributed by atoms with E-state index < -0.39 is 11.8 Å². The van der Waals surface area contributed by atoms with Crippen LogP contribution >= 0.6 is 11.8 Å². The Hall–Kier alpha value is -3.51. The van der Waals surface area contributed by atoms with Crippen molar-refractivity contribution in [2.24, 2.45) is 11.7 Å². The number of fused-ring (bicyclic) bond motifs is 1. The van der Waals surface area contributed by atoms with Gasteiger partial charge in [-0.25, -0.2) is 9.65 Å². The van der Waals surface area contributed by atoms with Gasteiger partial charge in [0.25, 0.3) is 5.91 Å². The van der Waals surface area contributed by atoms with E-state index in [0.717, 1.165) is 52.7 Å². The first kappa shape index (κ1) is 29.5.